The zero-order valence-corrected chi connectivity index (χ0v) is 27.5. The van der Waals surface area contributed by atoms with Crippen molar-refractivity contribution in [2.75, 3.05) is 0 Å². The van der Waals surface area contributed by atoms with Crippen LogP contribution in [0.25, 0.3) is 92.4 Å². The molecule has 0 aliphatic rings. The molecule has 0 radical (unpaired) electrons. The van der Waals surface area contributed by atoms with Gasteiger partial charge >= 0.3 is 0 Å². The van der Waals surface area contributed by atoms with Gasteiger partial charge in [0.25, 0.3) is 0 Å². The van der Waals surface area contributed by atoms with Crippen molar-refractivity contribution in [3.8, 4) is 50.3 Å². The standard InChI is InChI=1S/C46H29N3S/c1-2-10-30(11-3-1)31-20-22-32(23-21-31)33-12-8-13-34(26-33)35-24-25-43-40(28-35)45-46(50-43)44(47-29-48-45)36-14-9-15-37(27-36)49-41-18-6-4-16-38(41)39-17-5-7-19-42(39)49/h1-29H/i4D,6D,16D,18D. The van der Waals surface area contributed by atoms with Crippen LogP contribution in [-0.4, -0.2) is 14.5 Å². The maximum absolute atomic E-state index is 8.88. The molecular formula is C46H29N3S. The molecule has 10 rings (SSSR count). The maximum atomic E-state index is 8.88. The van der Waals surface area contributed by atoms with Crippen LogP contribution in [0.4, 0.5) is 0 Å². The Hall–Kier alpha value is -6.36. The first-order valence-electron chi connectivity index (χ1n) is 18.5. The van der Waals surface area contributed by atoms with E-state index in [2.05, 4.69) is 91.0 Å². The number of nitrogens with zero attached hydrogens (tertiary/aromatic N) is 3. The third-order valence-electron chi connectivity index (χ3n) is 9.46. The number of rotatable bonds is 5. The zero-order valence-electron chi connectivity index (χ0n) is 30.7. The van der Waals surface area contributed by atoms with Crippen LogP contribution < -0.4 is 0 Å². The van der Waals surface area contributed by atoms with E-state index in [1.807, 2.05) is 59.2 Å². The van der Waals surface area contributed by atoms with Gasteiger partial charge in [-0.25, -0.2) is 9.97 Å². The van der Waals surface area contributed by atoms with Crippen LogP contribution in [0.3, 0.4) is 0 Å². The quantitative estimate of drug-likeness (QED) is 0.184. The molecule has 4 heteroatoms. The topological polar surface area (TPSA) is 30.7 Å². The van der Waals surface area contributed by atoms with Gasteiger partial charge in [0.05, 0.1) is 32.4 Å². The molecule has 50 heavy (non-hydrogen) atoms. The second-order valence-corrected chi connectivity index (χ2v) is 13.4. The molecule has 0 N–H and O–H groups in total. The van der Waals surface area contributed by atoms with Crippen molar-refractivity contribution in [2.24, 2.45) is 0 Å². The molecule has 0 saturated carbocycles. The van der Waals surface area contributed by atoms with Crippen LogP contribution in [0.15, 0.2) is 176 Å². The number of hydrogen-bond donors (Lipinski definition) is 0. The molecule has 0 spiro atoms. The first-order valence-corrected chi connectivity index (χ1v) is 17.3. The summed E-state index contributed by atoms with van der Waals surface area (Å²) in [4.78, 5) is 9.59. The summed E-state index contributed by atoms with van der Waals surface area (Å²) < 4.78 is 38.5. The van der Waals surface area contributed by atoms with Gasteiger partial charge in [0, 0.05) is 32.1 Å². The molecule has 10 aromatic rings. The molecule has 0 amide bonds. The smallest absolute Gasteiger partial charge is 0.116 e. The van der Waals surface area contributed by atoms with E-state index in [1.54, 1.807) is 17.7 Å². The Kier molecular flexibility index (Phi) is 5.77. The van der Waals surface area contributed by atoms with Crippen molar-refractivity contribution in [2.45, 2.75) is 0 Å². The van der Waals surface area contributed by atoms with Crippen LogP contribution in [0.2, 0.25) is 0 Å². The Morgan fingerprint density at radius 1 is 0.480 bits per heavy atom. The summed E-state index contributed by atoms with van der Waals surface area (Å²) in [6.07, 6.45) is 1.62. The summed E-state index contributed by atoms with van der Waals surface area (Å²) in [6.45, 7) is 0. The van der Waals surface area contributed by atoms with E-state index >= 15 is 0 Å². The summed E-state index contributed by atoms with van der Waals surface area (Å²) in [5, 5.41) is 2.36. The summed E-state index contributed by atoms with van der Waals surface area (Å²) in [5.41, 5.74) is 11.6. The lowest BCUT2D eigenvalue weighted by atomic mass is 9.96. The molecule has 0 atom stereocenters. The van der Waals surface area contributed by atoms with E-state index in [-0.39, 0.29) is 24.2 Å². The van der Waals surface area contributed by atoms with E-state index in [1.165, 1.54) is 16.7 Å². The van der Waals surface area contributed by atoms with E-state index in [0.717, 1.165) is 64.8 Å². The lowest BCUT2D eigenvalue weighted by Crippen LogP contribution is -1.95. The van der Waals surface area contributed by atoms with Crippen molar-refractivity contribution >= 4 is 53.4 Å². The average molecular weight is 660 g/mol. The third-order valence-corrected chi connectivity index (χ3v) is 10.6. The predicted octanol–water partition coefficient (Wildman–Crippen LogP) is 12.6. The third kappa shape index (κ3) is 4.73. The molecule has 0 bridgehead atoms. The van der Waals surface area contributed by atoms with Crippen LogP contribution in [-0.2, 0) is 0 Å². The molecule has 0 aliphatic heterocycles. The first kappa shape index (κ1) is 24.7. The number of fused-ring (bicyclic) bond motifs is 6. The van der Waals surface area contributed by atoms with Crippen molar-refractivity contribution in [1.29, 1.82) is 0 Å². The van der Waals surface area contributed by atoms with E-state index < -0.39 is 0 Å². The number of thiophene rings is 1. The summed E-state index contributed by atoms with van der Waals surface area (Å²) in [7, 11) is 0. The summed E-state index contributed by atoms with van der Waals surface area (Å²) in [5.74, 6) is 0. The number of hydrogen-bond acceptors (Lipinski definition) is 3. The monoisotopic (exact) mass is 659 g/mol. The van der Waals surface area contributed by atoms with E-state index in [0.29, 0.717) is 10.9 Å². The zero-order chi connectivity index (χ0) is 36.5. The van der Waals surface area contributed by atoms with E-state index in [9.17, 15) is 0 Å². The minimum absolute atomic E-state index is 0.0384. The van der Waals surface area contributed by atoms with Gasteiger partial charge in [0.2, 0.25) is 0 Å². The Balaban J connectivity index is 1.05. The first-order chi connectivity index (χ1) is 26.4. The lowest BCUT2D eigenvalue weighted by molar-refractivity contribution is 1.18. The second kappa shape index (κ2) is 11.7. The number of aromatic nitrogens is 3. The SMILES string of the molecule is [2H]c1c([2H])c([2H])c2c(c1[2H])c1ccccc1n2-c1cccc(-c2ncnc3c2sc2ccc(-c4cccc(-c5ccc(-c6ccccc6)cc5)c4)cc23)c1. The minimum atomic E-state index is -0.251. The van der Waals surface area contributed by atoms with E-state index in [4.69, 9.17) is 15.5 Å². The maximum Gasteiger partial charge on any atom is 0.116 e. The molecule has 0 fully saturated rings. The van der Waals surface area contributed by atoms with Gasteiger partial charge in [0.15, 0.2) is 0 Å². The van der Waals surface area contributed by atoms with Crippen LogP contribution in [0.1, 0.15) is 5.48 Å². The van der Waals surface area contributed by atoms with Crippen LogP contribution >= 0.6 is 11.3 Å². The molecule has 3 aromatic heterocycles. The van der Waals surface area contributed by atoms with Gasteiger partial charge in [0.1, 0.15) is 6.33 Å². The molecule has 7 aromatic carbocycles. The molecule has 0 aliphatic carbocycles. The van der Waals surface area contributed by atoms with Crippen LogP contribution in [0, 0.1) is 0 Å². The highest BCUT2D eigenvalue weighted by atomic mass is 32.1. The normalized spacial score (nSPS) is 12.7. The molecule has 3 nitrogen and oxygen atoms in total. The Bertz CT molecular complexity index is 3100. The Morgan fingerprint density at radius 3 is 2.02 bits per heavy atom. The number of para-hydroxylation sites is 2. The largest absolute Gasteiger partial charge is 0.309 e. The Morgan fingerprint density at radius 2 is 1.14 bits per heavy atom. The minimum Gasteiger partial charge on any atom is -0.309 e. The van der Waals surface area contributed by atoms with Gasteiger partial charge in [-0.05, 0) is 75.8 Å². The van der Waals surface area contributed by atoms with Crippen molar-refractivity contribution in [1.82, 2.24) is 14.5 Å². The molecule has 0 unspecified atom stereocenters. The van der Waals surface area contributed by atoms with Gasteiger partial charge in [-0.2, -0.15) is 0 Å². The van der Waals surface area contributed by atoms with Gasteiger partial charge in [-0.1, -0.05) is 127 Å². The molecule has 0 saturated heterocycles. The highest BCUT2D eigenvalue weighted by Crippen LogP contribution is 2.41. The predicted molar refractivity (Wildman–Crippen MR) is 211 cm³/mol. The summed E-state index contributed by atoms with van der Waals surface area (Å²) >= 11 is 1.67. The van der Waals surface area contributed by atoms with Crippen molar-refractivity contribution < 1.29 is 5.48 Å². The fourth-order valence-electron chi connectivity index (χ4n) is 7.05. The van der Waals surface area contributed by atoms with Crippen molar-refractivity contribution in [3.05, 3.63) is 176 Å². The molecule has 3 heterocycles. The van der Waals surface area contributed by atoms with Gasteiger partial charge in [-0.3, -0.25) is 0 Å². The second-order valence-electron chi connectivity index (χ2n) is 12.4. The number of benzene rings is 7. The fraction of sp³-hybridized carbons (Fsp3) is 0. The Labute approximate surface area is 299 Å². The summed E-state index contributed by atoms with van der Waals surface area (Å²) in [6, 6.07) is 49.5. The average Bonchev–Trinajstić information content (AvgIpc) is 3.79. The molecule has 234 valence electrons. The lowest BCUT2D eigenvalue weighted by Gasteiger charge is -2.10. The fourth-order valence-corrected chi connectivity index (χ4v) is 8.20. The van der Waals surface area contributed by atoms with Gasteiger partial charge < -0.3 is 4.57 Å². The van der Waals surface area contributed by atoms with Crippen molar-refractivity contribution in [3.63, 3.8) is 0 Å². The highest BCUT2D eigenvalue weighted by Gasteiger charge is 2.16. The van der Waals surface area contributed by atoms with Crippen LogP contribution in [0.5, 0.6) is 0 Å². The highest BCUT2D eigenvalue weighted by molar-refractivity contribution is 7.26. The molecular weight excluding hydrogens is 627 g/mol. The van der Waals surface area contributed by atoms with Gasteiger partial charge in [-0.15, -0.1) is 11.3 Å².